The van der Waals surface area contributed by atoms with Crippen molar-refractivity contribution in [3.05, 3.63) is 0 Å². The van der Waals surface area contributed by atoms with E-state index in [-0.39, 0.29) is 12.7 Å². The maximum Gasteiger partial charge on any atom is 0.255 e. The average Bonchev–Trinajstić information content (AvgIpc) is 2.03. The van der Waals surface area contributed by atoms with Gasteiger partial charge in [-0.2, -0.15) is 0 Å². The second-order valence-electron chi connectivity index (χ2n) is 3.28. The largest absolute Gasteiger partial charge is 0.377 e. The van der Waals surface area contributed by atoms with E-state index in [2.05, 4.69) is 5.32 Å². The molecule has 0 aliphatic heterocycles. The second-order valence-corrected chi connectivity index (χ2v) is 3.28. The Bertz CT molecular complexity index is 120. The van der Waals surface area contributed by atoms with Crippen molar-refractivity contribution < 1.29 is 13.5 Å². The van der Waals surface area contributed by atoms with Crippen LogP contribution < -0.4 is 5.32 Å². The zero-order valence-electron chi connectivity index (χ0n) is 8.52. The first-order valence-corrected chi connectivity index (χ1v) is 4.71. The Balaban J connectivity index is 3.67. The van der Waals surface area contributed by atoms with Gasteiger partial charge in [0.25, 0.3) is 6.43 Å². The Morgan fingerprint density at radius 3 is 2.31 bits per heavy atom. The van der Waals surface area contributed by atoms with Crippen LogP contribution in [-0.2, 0) is 4.74 Å². The first-order chi connectivity index (χ1) is 6.07. The Morgan fingerprint density at radius 1 is 1.31 bits per heavy atom. The highest BCUT2D eigenvalue weighted by Crippen LogP contribution is 2.03. The maximum absolute atomic E-state index is 12.3. The molecule has 1 N–H and O–H groups in total. The summed E-state index contributed by atoms with van der Waals surface area (Å²) in [5.74, 6) is 0. The number of hydrogen-bond acceptors (Lipinski definition) is 2. The summed E-state index contributed by atoms with van der Waals surface area (Å²) in [6.45, 7) is 6.30. The number of rotatable bonds is 7. The van der Waals surface area contributed by atoms with Gasteiger partial charge < -0.3 is 10.1 Å². The van der Waals surface area contributed by atoms with Gasteiger partial charge in [-0.15, -0.1) is 0 Å². The summed E-state index contributed by atoms with van der Waals surface area (Å²) < 4.78 is 29.8. The molecule has 0 saturated carbocycles. The monoisotopic (exact) mass is 195 g/mol. The van der Waals surface area contributed by atoms with Crippen LogP contribution in [0.1, 0.15) is 27.2 Å². The molecule has 2 nitrogen and oxygen atoms in total. The molecular weight excluding hydrogens is 176 g/mol. The number of alkyl halides is 2. The van der Waals surface area contributed by atoms with Gasteiger partial charge in [0, 0.05) is 0 Å². The van der Waals surface area contributed by atoms with E-state index in [0.29, 0.717) is 6.54 Å². The number of nitrogens with one attached hydrogen (secondary N) is 1. The van der Waals surface area contributed by atoms with Gasteiger partial charge in [0.15, 0.2) is 0 Å². The molecule has 0 bridgehead atoms. The summed E-state index contributed by atoms with van der Waals surface area (Å²) in [7, 11) is 0. The van der Waals surface area contributed by atoms with Crippen molar-refractivity contribution in [1.29, 1.82) is 0 Å². The molecule has 1 atom stereocenters. The summed E-state index contributed by atoms with van der Waals surface area (Å²) in [5, 5.41) is 2.75. The van der Waals surface area contributed by atoms with Crippen molar-refractivity contribution >= 4 is 0 Å². The first-order valence-electron chi connectivity index (χ1n) is 4.71. The van der Waals surface area contributed by atoms with Crippen LogP contribution in [0.2, 0.25) is 0 Å². The molecule has 1 unspecified atom stereocenters. The second kappa shape index (κ2) is 7.21. The summed E-state index contributed by atoms with van der Waals surface area (Å²) in [6.07, 6.45) is -1.50. The SMILES string of the molecule is CCCNC(COC(C)C)C(F)F. The van der Waals surface area contributed by atoms with Crippen molar-refractivity contribution in [2.24, 2.45) is 0 Å². The molecule has 80 valence electrons. The molecule has 0 aromatic heterocycles. The van der Waals surface area contributed by atoms with E-state index in [1.54, 1.807) is 0 Å². The highest BCUT2D eigenvalue weighted by Gasteiger charge is 2.19. The standard InChI is InChI=1S/C9H19F2NO/c1-4-5-12-8(9(10)11)6-13-7(2)3/h7-9,12H,4-6H2,1-3H3. The topological polar surface area (TPSA) is 21.3 Å². The quantitative estimate of drug-likeness (QED) is 0.671. The highest BCUT2D eigenvalue weighted by atomic mass is 19.3. The fraction of sp³-hybridized carbons (Fsp3) is 1.00. The van der Waals surface area contributed by atoms with Crippen molar-refractivity contribution in [1.82, 2.24) is 5.32 Å². The Labute approximate surface area is 78.7 Å². The predicted molar refractivity (Wildman–Crippen MR) is 49.2 cm³/mol. The van der Waals surface area contributed by atoms with E-state index in [1.807, 2.05) is 20.8 Å². The van der Waals surface area contributed by atoms with Crippen LogP contribution in [0.5, 0.6) is 0 Å². The molecule has 0 aliphatic rings. The van der Waals surface area contributed by atoms with Gasteiger partial charge in [0.05, 0.1) is 18.8 Å². The molecule has 0 fully saturated rings. The zero-order chi connectivity index (χ0) is 10.3. The first kappa shape index (κ1) is 12.8. The normalized spacial score (nSPS) is 14.1. The summed E-state index contributed by atoms with van der Waals surface area (Å²) >= 11 is 0. The van der Waals surface area contributed by atoms with Crippen LogP contribution in [0.4, 0.5) is 8.78 Å². The highest BCUT2D eigenvalue weighted by molar-refractivity contribution is 4.68. The van der Waals surface area contributed by atoms with Gasteiger partial charge in [0.1, 0.15) is 0 Å². The molecular formula is C9H19F2NO. The van der Waals surface area contributed by atoms with Crippen LogP contribution in [0.25, 0.3) is 0 Å². The molecule has 0 spiro atoms. The van der Waals surface area contributed by atoms with Gasteiger partial charge in [0.2, 0.25) is 0 Å². The Morgan fingerprint density at radius 2 is 1.92 bits per heavy atom. The van der Waals surface area contributed by atoms with Crippen molar-refractivity contribution in [2.45, 2.75) is 45.8 Å². The lowest BCUT2D eigenvalue weighted by Gasteiger charge is -2.18. The predicted octanol–water partition coefficient (Wildman–Crippen LogP) is 2.04. The maximum atomic E-state index is 12.3. The van der Waals surface area contributed by atoms with Crippen LogP contribution in [0, 0.1) is 0 Å². The lowest BCUT2D eigenvalue weighted by atomic mass is 10.3. The van der Waals surface area contributed by atoms with E-state index < -0.39 is 12.5 Å². The van der Waals surface area contributed by atoms with E-state index in [1.165, 1.54) is 0 Å². The van der Waals surface area contributed by atoms with Crippen LogP contribution >= 0.6 is 0 Å². The minimum absolute atomic E-state index is 0.00433. The van der Waals surface area contributed by atoms with Gasteiger partial charge >= 0.3 is 0 Å². The molecule has 0 aliphatic carbocycles. The van der Waals surface area contributed by atoms with Gasteiger partial charge in [-0.25, -0.2) is 8.78 Å². The molecule has 0 rings (SSSR count). The summed E-state index contributed by atoms with van der Waals surface area (Å²) in [5.41, 5.74) is 0. The van der Waals surface area contributed by atoms with E-state index >= 15 is 0 Å². The average molecular weight is 195 g/mol. The van der Waals surface area contributed by atoms with Crippen molar-refractivity contribution in [2.75, 3.05) is 13.2 Å². The third kappa shape index (κ3) is 6.90. The Kier molecular flexibility index (Phi) is 7.09. The van der Waals surface area contributed by atoms with Gasteiger partial charge in [-0.05, 0) is 26.8 Å². The molecule has 13 heavy (non-hydrogen) atoms. The minimum atomic E-state index is -2.36. The molecule has 0 radical (unpaired) electrons. The molecule has 0 aromatic carbocycles. The van der Waals surface area contributed by atoms with Crippen LogP contribution in [-0.4, -0.2) is 31.7 Å². The zero-order valence-corrected chi connectivity index (χ0v) is 8.52. The third-order valence-electron chi connectivity index (χ3n) is 1.57. The van der Waals surface area contributed by atoms with Crippen LogP contribution in [0.15, 0.2) is 0 Å². The van der Waals surface area contributed by atoms with Crippen molar-refractivity contribution in [3.8, 4) is 0 Å². The molecule has 0 saturated heterocycles. The summed E-state index contributed by atoms with van der Waals surface area (Å²) in [6, 6.07) is -0.831. The van der Waals surface area contributed by atoms with Gasteiger partial charge in [-0.1, -0.05) is 6.92 Å². The molecule has 0 aromatic rings. The van der Waals surface area contributed by atoms with E-state index in [9.17, 15) is 8.78 Å². The lowest BCUT2D eigenvalue weighted by molar-refractivity contribution is 0.00768. The summed E-state index contributed by atoms with van der Waals surface area (Å²) in [4.78, 5) is 0. The number of halogens is 2. The molecule has 0 amide bonds. The smallest absolute Gasteiger partial charge is 0.255 e. The van der Waals surface area contributed by atoms with Crippen LogP contribution in [0.3, 0.4) is 0 Å². The lowest BCUT2D eigenvalue weighted by Crippen LogP contribution is -2.40. The van der Waals surface area contributed by atoms with Gasteiger partial charge in [-0.3, -0.25) is 0 Å². The molecule has 4 heteroatoms. The minimum Gasteiger partial charge on any atom is -0.377 e. The van der Waals surface area contributed by atoms with E-state index in [0.717, 1.165) is 6.42 Å². The number of ether oxygens (including phenoxy) is 1. The fourth-order valence-corrected chi connectivity index (χ4v) is 0.847. The third-order valence-corrected chi connectivity index (χ3v) is 1.57. The molecule has 0 heterocycles. The Hall–Kier alpha value is -0.220. The van der Waals surface area contributed by atoms with Crippen molar-refractivity contribution in [3.63, 3.8) is 0 Å². The fourth-order valence-electron chi connectivity index (χ4n) is 0.847. The van der Waals surface area contributed by atoms with E-state index in [4.69, 9.17) is 4.74 Å². The number of hydrogen-bond donors (Lipinski definition) is 1.